The smallest absolute Gasteiger partial charge is 0.318 e. The van der Waals surface area contributed by atoms with Crippen molar-refractivity contribution in [3.63, 3.8) is 0 Å². The van der Waals surface area contributed by atoms with Crippen molar-refractivity contribution >= 4 is 28.8 Å². The number of urea groups is 1. The Morgan fingerprint density at radius 1 is 1.07 bits per heavy atom. The molecule has 2 fully saturated rings. The van der Waals surface area contributed by atoms with E-state index in [0.717, 1.165) is 19.5 Å². The molecule has 2 rings (SSSR count). The van der Waals surface area contributed by atoms with Crippen LogP contribution in [0.4, 0.5) is 4.79 Å². The van der Waals surface area contributed by atoms with Crippen molar-refractivity contribution in [3.8, 4) is 0 Å². The fourth-order valence-electron chi connectivity index (χ4n) is 4.07. The summed E-state index contributed by atoms with van der Waals surface area (Å²) in [5, 5.41) is 2.97. The van der Waals surface area contributed by atoms with Crippen molar-refractivity contribution in [3.05, 3.63) is 0 Å². The van der Waals surface area contributed by atoms with Gasteiger partial charge in [-0.25, -0.2) is 4.79 Å². The third-order valence-corrected chi connectivity index (χ3v) is 6.80. The minimum Gasteiger partial charge on any atom is -0.338 e. The summed E-state index contributed by atoms with van der Waals surface area (Å²) < 4.78 is 0. The first-order chi connectivity index (χ1) is 13.9. The highest BCUT2D eigenvalue weighted by atomic mass is 32.2. The Morgan fingerprint density at radius 3 is 2.34 bits per heavy atom. The van der Waals surface area contributed by atoms with Gasteiger partial charge in [-0.3, -0.25) is 9.59 Å². The molecule has 8 heteroatoms. The topological polar surface area (TPSA) is 73.0 Å². The fourth-order valence-corrected chi connectivity index (χ4v) is 4.67. The van der Waals surface area contributed by atoms with E-state index < -0.39 is 6.04 Å². The number of amides is 3. The number of piperazine rings is 1. The molecule has 1 saturated heterocycles. The third-order valence-electron chi connectivity index (χ3n) is 6.01. The lowest BCUT2D eigenvalue weighted by atomic mass is 9.87. The maximum absolute atomic E-state index is 12.9. The first-order valence-electron chi connectivity index (χ1n) is 11.0. The lowest BCUT2D eigenvalue weighted by molar-refractivity contribution is -0.134. The molecule has 0 aromatic rings. The van der Waals surface area contributed by atoms with Gasteiger partial charge in [-0.2, -0.15) is 0 Å². The van der Waals surface area contributed by atoms with Gasteiger partial charge in [-0.15, -0.1) is 0 Å². The molecule has 0 bridgehead atoms. The van der Waals surface area contributed by atoms with E-state index in [4.69, 9.17) is 0 Å². The van der Waals surface area contributed by atoms with Crippen LogP contribution in [0.25, 0.3) is 0 Å². The lowest BCUT2D eigenvalue weighted by Gasteiger charge is -2.34. The number of carbonyl (C=O) groups excluding carboxylic acids is 3. The van der Waals surface area contributed by atoms with Crippen molar-refractivity contribution in [2.24, 2.45) is 5.92 Å². The molecule has 3 amide bonds. The van der Waals surface area contributed by atoms with Crippen LogP contribution >= 0.6 is 11.8 Å². The second-order valence-corrected chi connectivity index (χ2v) is 9.69. The van der Waals surface area contributed by atoms with Crippen molar-refractivity contribution in [2.45, 2.75) is 58.4 Å². The molecule has 0 radical (unpaired) electrons. The Kier molecular flexibility index (Phi) is 10.3. The van der Waals surface area contributed by atoms with Crippen LogP contribution in [-0.4, -0.2) is 89.9 Å². The van der Waals surface area contributed by atoms with Crippen LogP contribution in [0.5, 0.6) is 0 Å². The van der Waals surface area contributed by atoms with Gasteiger partial charge in [0.05, 0.1) is 0 Å². The number of likely N-dealkylation sites (N-methyl/N-ethyl adjacent to an activating group) is 1. The second kappa shape index (κ2) is 12.4. The SMILES string of the molecule is CC(=O)SCCN(CCC1CCCCC1)C(=O)N[C@H](C)C(=O)N1CCN(C)CC1. The number of nitrogens with zero attached hydrogens (tertiary/aromatic N) is 3. The standard InChI is InChI=1S/C21H38N4O3S/c1-17(20(27)24-13-11-23(3)12-14-24)22-21(28)25(15-16-29-18(2)26)10-9-19-7-5-4-6-8-19/h17,19H,4-16H2,1-3H3,(H,22,28)/t17-/m1/s1. The van der Waals surface area contributed by atoms with Crippen molar-refractivity contribution in [2.75, 3.05) is 52.1 Å². The molecule has 166 valence electrons. The average Bonchev–Trinajstić information content (AvgIpc) is 2.71. The zero-order chi connectivity index (χ0) is 21.2. The molecule has 0 spiro atoms. The maximum atomic E-state index is 12.9. The molecular weight excluding hydrogens is 388 g/mol. The Hall–Kier alpha value is -1.28. The van der Waals surface area contributed by atoms with E-state index in [1.807, 2.05) is 4.90 Å². The second-order valence-electron chi connectivity index (χ2n) is 8.42. The lowest BCUT2D eigenvalue weighted by Crippen LogP contribution is -2.55. The number of hydrogen-bond donors (Lipinski definition) is 1. The van der Waals surface area contributed by atoms with Crippen LogP contribution in [-0.2, 0) is 9.59 Å². The summed E-state index contributed by atoms with van der Waals surface area (Å²) in [5.41, 5.74) is 0. The van der Waals surface area contributed by atoms with E-state index in [0.29, 0.717) is 37.8 Å². The number of nitrogens with one attached hydrogen (secondary N) is 1. The molecule has 1 N–H and O–H groups in total. The molecule has 1 saturated carbocycles. The van der Waals surface area contributed by atoms with Gasteiger partial charge in [0.15, 0.2) is 5.12 Å². The summed E-state index contributed by atoms with van der Waals surface area (Å²) in [6.45, 7) is 7.66. The molecule has 1 aliphatic heterocycles. The van der Waals surface area contributed by atoms with Gasteiger partial charge in [0.25, 0.3) is 0 Å². The number of hydrogen-bond acceptors (Lipinski definition) is 5. The van der Waals surface area contributed by atoms with Gasteiger partial charge in [-0.1, -0.05) is 43.9 Å². The van der Waals surface area contributed by atoms with Crippen LogP contribution in [0.1, 0.15) is 52.4 Å². The summed E-state index contributed by atoms with van der Waals surface area (Å²) in [4.78, 5) is 42.7. The summed E-state index contributed by atoms with van der Waals surface area (Å²) in [6, 6.07) is -0.733. The predicted octanol–water partition coefficient (Wildman–Crippen LogP) is 2.41. The molecule has 0 aromatic carbocycles. The normalized spacial score (nSPS) is 19.6. The van der Waals surface area contributed by atoms with E-state index in [1.165, 1.54) is 43.9 Å². The zero-order valence-corrected chi connectivity index (χ0v) is 19.1. The quantitative estimate of drug-likeness (QED) is 0.645. The highest BCUT2D eigenvalue weighted by Crippen LogP contribution is 2.26. The van der Waals surface area contributed by atoms with Gasteiger partial charge < -0.3 is 20.0 Å². The monoisotopic (exact) mass is 426 g/mol. The zero-order valence-electron chi connectivity index (χ0n) is 18.3. The molecule has 29 heavy (non-hydrogen) atoms. The maximum Gasteiger partial charge on any atom is 0.318 e. The predicted molar refractivity (Wildman–Crippen MR) is 118 cm³/mol. The van der Waals surface area contributed by atoms with Crippen molar-refractivity contribution in [1.29, 1.82) is 0 Å². The van der Waals surface area contributed by atoms with E-state index in [2.05, 4.69) is 17.3 Å². The molecule has 0 aromatic heterocycles. The molecule has 0 unspecified atom stereocenters. The molecule has 1 heterocycles. The molecule has 2 aliphatic rings. The minimum absolute atomic E-state index is 0.0169. The van der Waals surface area contributed by atoms with Crippen LogP contribution in [0.15, 0.2) is 0 Å². The number of carbonyl (C=O) groups is 3. The Balaban J connectivity index is 1.86. The molecule has 7 nitrogen and oxygen atoms in total. The first kappa shape index (κ1) is 24.0. The van der Waals surface area contributed by atoms with Gasteiger partial charge in [0, 0.05) is 51.9 Å². The number of thioether (sulfide) groups is 1. The average molecular weight is 427 g/mol. The fraction of sp³-hybridized carbons (Fsp3) is 0.857. The third kappa shape index (κ3) is 8.54. The van der Waals surface area contributed by atoms with Gasteiger partial charge in [-0.05, 0) is 26.3 Å². The molecule has 1 atom stereocenters. The van der Waals surface area contributed by atoms with Crippen LogP contribution < -0.4 is 5.32 Å². The Morgan fingerprint density at radius 2 is 1.72 bits per heavy atom. The van der Waals surface area contributed by atoms with Gasteiger partial charge >= 0.3 is 6.03 Å². The van der Waals surface area contributed by atoms with E-state index in [9.17, 15) is 14.4 Å². The van der Waals surface area contributed by atoms with Gasteiger partial charge in [0.2, 0.25) is 5.91 Å². The van der Waals surface area contributed by atoms with Gasteiger partial charge in [0.1, 0.15) is 6.04 Å². The minimum atomic E-state index is -0.538. The van der Waals surface area contributed by atoms with E-state index >= 15 is 0 Å². The van der Waals surface area contributed by atoms with E-state index in [1.54, 1.807) is 18.7 Å². The largest absolute Gasteiger partial charge is 0.338 e. The van der Waals surface area contributed by atoms with Crippen molar-refractivity contribution < 1.29 is 14.4 Å². The van der Waals surface area contributed by atoms with Crippen molar-refractivity contribution in [1.82, 2.24) is 20.0 Å². The van der Waals surface area contributed by atoms with Crippen LogP contribution in [0.2, 0.25) is 0 Å². The number of rotatable bonds is 8. The highest BCUT2D eigenvalue weighted by Gasteiger charge is 2.26. The highest BCUT2D eigenvalue weighted by molar-refractivity contribution is 8.13. The summed E-state index contributed by atoms with van der Waals surface area (Å²) in [7, 11) is 2.05. The molecular formula is C21H38N4O3S. The summed E-state index contributed by atoms with van der Waals surface area (Å²) in [5.74, 6) is 1.26. The first-order valence-corrected chi connectivity index (χ1v) is 12.0. The Labute approximate surface area is 179 Å². The Bertz CT molecular complexity index is 546. The van der Waals surface area contributed by atoms with Crippen LogP contribution in [0.3, 0.4) is 0 Å². The summed E-state index contributed by atoms with van der Waals surface area (Å²) in [6.07, 6.45) is 7.38. The van der Waals surface area contributed by atoms with E-state index in [-0.39, 0.29) is 17.1 Å². The molecule has 1 aliphatic carbocycles. The summed E-state index contributed by atoms with van der Waals surface area (Å²) >= 11 is 1.25. The van der Waals surface area contributed by atoms with Crippen LogP contribution in [0, 0.1) is 5.92 Å².